The van der Waals surface area contributed by atoms with E-state index < -0.39 is 9.84 Å². The number of hydrogen-bond acceptors (Lipinski definition) is 5. The van der Waals surface area contributed by atoms with E-state index in [1.165, 1.54) is 13.2 Å². The lowest BCUT2D eigenvalue weighted by atomic mass is 9.78. The molecule has 0 saturated carbocycles. The molecule has 0 aliphatic rings. The smallest absolute Gasteiger partial charge is 0.190 e. The number of nitrogens with zero attached hydrogens (tertiary/aromatic N) is 1. The van der Waals surface area contributed by atoms with Crippen molar-refractivity contribution in [2.75, 3.05) is 19.5 Å². The van der Waals surface area contributed by atoms with E-state index in [9.17, 15) is 18.8 Å². The van der Waals surface area contributed by atoms with Gasteiger partial charge in [-0.1, -0.05) is 41.5 Å². The molecule has 0 aliphatic carbocycles. The lowest BCUT2D eigenvalue weighted by Crippen LogP contribution is -2.17. The standard InChI is InChI=1S/C20H29NO4S/c1-19(2,3)16-11-14(12-17(18(16)22)20(4,5)6)10-15(13-21)26(23,24)9-8-25-7/h10-12,22H,8-9H2,1-7H3/b15-10-. The van der Waals surface area contributed by atoms with Crippen molar-refractivity contribution in [3.63, 3.8) is 0 Å². The average molecular weight is 380 g/mol. The highest BCUT2D eigenvalue weighted by molar-refractivity contribution is 7.95. The molecular weight excluding hydrogens is 350 g/mol. The molecule has 144 valence electrons. The van der Waals surface area contributed by atoms with Gasteiger partial charge < -0.3 is 9.84 Å². The zero-order chi connectivity index (χ0) is 20.3. The number of benzene rings is 1. The van der Waals surface area contributed by atoms with Gasteiger partial charge in [0.2, 0.25) is 0 Å². The summed E-state index contributed by atoms with van der Waals surface area (Å²) in [6.45, 7) is 11.9. The van der Waals surface area contributed by atoms with Crippen LogP contribution in [0.25, 0.3) is 6.08 Å². The number of hydrogen-bond donors (Lipinski definition) is 1. The summed E-state index contributed by atoms with van der Waals surface area (Å²) < 4.78 is 29.5. The second-order valence-corrected chi connectivity index (χ2v) is 10.5. The molecule has 0 aliphatic heterocycles. The lowest BCUT2D eigenvalue weighted by Gasteiger charge is -2.28. The maximum Gasteiger partial charge on any atom is 0.190 e. The van der Waals surface area contributed by atoms with E-state index in [1.54, 1.807) is 18.2 Å². The van der Waals surface area contributed by atoms with Gasteiger partial charge in [0.1, 0.15) is 16.7 Å². The van der Waals surface area contributed by atoms with Gasteiger partial charge in [-0.25, -0.2) is 8.42 Å². The fourth-order valence-corrected chi connectivity index (χ4v) is 3.59. The molecule has 0 heterocycles. The lowest BCUT2D eigenvalue weighted by molar-refractivity contribution is 0.217. The first-order valence-electron chi connectivity index (χ1n) is 8.45. The third-order valence-corrected chi connectivity index (χ3v) is 5.63. The van der Waals surface area contributed by atoms with Crippen LogP contribution in [0.15, 0.2) is 17.0 Å². The summed E-state index contributed by atoms with van der Waals surface area (Å²) in [6.07, 6.45) is 1.37. The Hall–Kier alpha value is -1.84. The Morgan fingerprint density at radius 3 is 1.96 bits per heavy atom. The summed E-state index contributed by atoms with van der Waals surface area (Å²) in [5.41, 5.74) is 1.33. The van der Waals surface area contributed by atoms with Crippen molar-refractivity contribution in [3.8, 4) is 11.8 Å². The van der Waals surface area contributed by atoms with Crippen LogP contribution in [0.1, 0.15) is 58.2 Å². The Morgan fingerprint density at radius 1 is 1.15 bits per heavy atom. The molecule has 0 amide bonds. The number of ether oxygens (including phenoxy) is 1. The Kier molecular flexibility index (Phi) is 6.67. The minimum absolute atomic E-state index is 0.0252. The maximum absolute atomic E-state index is 12.3. The summed E-state index contributed by atoms with van der Waals surface area (Å²) in [6, 6.07) is 5.27. The van der Waals surface area contributed by atoms with Gasteiger partial charge in [0.15, 0.2) is 9.84 Å². The van der Waals surface area contributed by atoms with Gasteiger partial charge in [0, 0.05) is 18.2 Å². The van der Waals surface area contributed by atoms with Crippen LogP contribution in [-0.4, -0.2) is 33.0 Å². The Bertz CT molecular complexity index is 797. The van der Waals surface area contributed by atoms with Gasteiger partial charge in [0.05, 0.1) is 12.4 Å². The summed E-state index contributed by atoms with van der Waals surface area (Å²) in [7, 11) is -2.31. The predicted octanol–water partition coefficient (Wildman–Crippen LogP) is 3.91. The minimum atomic E-state index is -3.73. The summed E-state index contributed by atoms with van der Waals surface area (Å²) in [4.78, 5) is -0.306. The third-order valence-electron chi connectivity index (χ3n) is 4.05. The summed E-state index contributed by atoms with van der Waals surface area (Å²) in [5, 5.41) is 20.1. The highest BCUT2D eigenvalue weighted by Crippen LogP contribution is 2.40. The monoisotopic (exact) mass is 379 g/mol. The predicted molar refractivity (Wildman–Crippen MR) is 105 cm³/mol. The van der Waals surface area contributed by atoms with Gasteiger partial charge in [0.25, 0.3) is 0 Å². The molecule has 1 N–H and O–H groups in total. The fraction of sp³-hybridized carbons (Fsp3) is 0.550. The second kappa shape index (κ2) is 7.81. The van der Waals surface area contributed by atoms with Crippen molar-refractivity contribution in [3.05, 3.63) is 33.7 Å². The highest BCUT2D eigenvalue weighted by atomic mass is 32.2. The number of aromatic hydroxyl groups is 1. The molecule has 1 aromatic carbocycles. The number of allylic oxidation sites excluding steroid dienone is 1. The summed E-state index contributed by atoms with van der Waals surface area (Å²) in [5.74, 6) is -0.0397. The molecule has 0 unspecified atom stereocenters. The topological polar surface area (TPSA) is 87.4 Å². The molecule has 26 heavy (non-hydrogen) atoms. The fourth-order valence-electron chi connectivity index (χ4n) is 2.53. The quantitative estimate of drug-likeness (QED) is 0.784. The number of methoxy groups -OCH3 is 1. The Balaban J connectivity index is 3.65. The van der Waals surface area contributed by atoms with E-state index in [2.05, 4.69) is 0 Å². The number of rotatable bonds is 5. The van der Waals surface area contributed by atoms with Gasteiger partial charge in [-0.2, -0.15) is 5.26 Å². The van der Waals surface area contributed by atoms with Crippen LogP contribution in [0, 0.1) is 11.3 Å². The number of phenols is 1. The van der Waals surface area contributed by atoms with Gasteiger partial charge in [-0.15, -0.1) is 0 Å². The maximum atomic E-state index is 12.3. The van der Waals surface area contributed by atoms with E-state index in [4.69, 9.17) is 4.74 Å². The Morgan fingerprint density at radius 2 is 1.62 bits per heavy atom. The molecule has 0 aromatic heterocycles. The van der Waals surface area contributed by atoms with E-state index in [-0.39, 0.29) is 33.8 Å². The van der Waals surface area contributed by atoms with E-state index in [0.29, 0.717) is 16.7 Å². The van der Waals surface area contributed by atoms with Crippen LogP contribution >= 0.6 is 0 Å². The van der Waals surface area contributed by atoms with Crippen LogP contribution < -0.4 is 0 Å². The zero-order valence-electron chi connectivity index (χ0n) is 16.7. The molecule has 1 aromatic rings. The van der Waals surface area contributed by atoms with Crippen molar-refractivity contribution in [2.24, 2.45) is 0 Å². The molecule has 0 radical (unpaired) electrons. The second-order valence-electron chi connectivity index (χ2n) is 8.40. The molecule has 0 atom stereocenters. The normalized spacial score (nSPS) is 13.5. The van der Waals surface area contributed by atoms with Crippen molar-refractivity contribution >= 4 is 15.9 Å². The van der Waals surface area contributed by atoms with Crippen LogP contribution in [0.2, 0.25) is 0 Å². The third kappa shape index (κ3) is 5.33. The van der Waals surface area contributed by atoms with E-state index in [1.807, 2.05) is 41.5 Å². The van der Waals surface area contributed by atoms with E-state index >= 15 is 0 Å². The van der Waals surface area contributed by atoms with Crippen molar-refractivity contribution in [1.82, 2.24) is 0 Å². The average Bonchev–Trinajstić information content (AvgIpc) is 2.49. The minimum Gasteiger partial charge on any atom is -0.507 e. The molecule has 1 rings (SSSR count). The molecule has 0 spiro atoms. The highest BCUT2D eigenvalue weighted by Gasteiger charge is 2.27. The number of nitriles is 1. The molecule has 5 nitrogen and oxygen atoms in total. The zero-order valence-corrected chi connectivity index (χ0v) is 17.5. The first-order valence-corrected chi connectivity index (χ1v) is 10.1. The first-order chi connectivity index (χ1) is 11.7. The largest absolute Gasteiger partial charge is 0.507 e. The van der Waals surface area contributed by atoms with Gasteiger partial charge in [-0.3, -0.25) is 0 Å². The van der Waals surface area contributed by atoms with E-state index in [0.717, 1.165) is 0 Å². The first kappa shape index (κ1) is 22.2. The summed E-state index contributed by atoms with van der Waals surface area (Å²) >= 11 is 0. The van der Waals surface area contributed by atoms with Crippen molar-refractivity contribution in [2.45, 2.75) is 52.4 Å². The van der Waals surface area contributed by atoms with Gasteiger partial charge >= 0.3 is 0 Å². The van der Waals surface area contributed by atoms with Crippen molar-refractivity contribution in [1.29, 1.82) is 5.26 Å². The molecule has 0 bridgehead atoms. The van der Waals surface area contributed by atoms with Crippen LogP contribution in [0.3, 0.4) is 0 Å². The van der Waals surface area contributed by atoms with Crippen molar-refractivity contribution < 1.29 is 18.3 Å². The van der Waals surface area contributed by atoms with Gasteiger partial charge in [-0.05, 0) is 34.6 Å². The van der Waals surface area contributed by atoms with Crippen LogP contribution in [-0.2, 0) is 25.4 Å². The number of phenolic OH excluding ortho intramolecular Hbond substituents is 1. The SMILES string of the molecule is COCCS(=O)(=O)/C(C#N)=C\c1cc(C(C)(C)C)c(O)c(C(C)(C)C)c1. The van der Waals surface area contributed by atoms with Crippen LogP contribution in [0.5, 0.6) is 5.75 Å². The number of sulfone groups is 1. The molecule has 0 saturated heterocycles. The molecular formula is C20H29NO4S. The molecule has 0 fully saturated rings. The van der Waals surface area contributed by atoms with Crippen LogP contribution in [0.4, 0.5) is 0 Å². The Labute approximate surface area is 157 Å². The molecule has 6 heteroatoms.